The van der Waals surface area contributed by atoms with Gasteiger partial charge in [-0.3, -0.25) is 10.1 Å². The average molecular weight is 309 g/mol. The minimum absolute atomic E-state index is 0.0833. The predicted octanol–water partition coefficient (Wildman–Crippen LogP) is 4.83. The van der Waals surface area contributed by atoms with Crippen LogP contribution in [0.4, 0.5) is 11.4 Å². The van der Waals surface area contributed by atoms with Crippen molar-refractivity contribution in [2.75, 3.05) is 11.9 Å². The smallest absolute Gasteiger partial charge is 0.272 e. The molecule has 0 radical (unpaired) electrons. The zero-order valence-electron chi connectivity index (χ0n) is 10.8. The van der Waals surface area contributed by atoms with E-state index in [-0.39, 0.29) is 10.6 Å². The second kappa shape index (κ2) is 6.63. The Hall–Kier alpha value is -1.72. The normalized spacial score (nSPS) is 10.3. The van der Waals surface area contributed by atoms with Crippen LogP contribution in [0.1, 0.15) is 6.92 Å². The molecule has 1 N–H and O–H groups in total. The van der Waals surface area contributed by atoms with Gasteiger partial charge < -0.3 is 5.32 Å². The standard InChI is InChI=1S/C14H13ClN2O2S/c1-2-16-11-7-12(17(18)19)9-14(8-11)20-13-5-3-10(15)4-6-13/h3-9,16H,2H2,1H3. The summed E-state index contributed by atoms with van der Waals surface area (Å²) in [6.45, 7) is 2.66. The number of nitro benzene ring substituents is 1. The number of anilines is 1. The Kier molecular flexibility index (Phi) is 4.87. The SMILES string of the molecule is CCNc1cc(Sc2ccc(Cl)cc2)cc([N+](=O)[O-])c1. The number of halogens is 1. The highest BCUT2D eigenvalue weighted by Gasteiger charge is 2.10. The Morgan fingerprint density at radius 2 is 1.90 bits per heavy atom. The Bertz CT molecular complexity index is 617. The number of hydrogen-bond donors (Lipinski definition) is 1. The maximum absolute atomic E-state index is 11.0. The van der Waals surface area contributed by atoms with Gasteiger partial charge in [-0.05, 0) is 37.3 Å². The van der Waals surface area contributed by atoms with E-state index >= 15 is 0 Å². The van der Waals surface area contributed by atoms with Crippen molar-refractivity contribution >= 4 is 34.7 Å². The number of nitrogens with one attached hydrogen (secondary N) is 1. The van der Waals surface area contributed by atoms with E-state index in [0.717, 1.165) is 15.5 Å². The Morgan fingerprint density at radius 3 is 2.50 bits per heavy atom. The van der Waals surface area contributed by atoms with Gasteiger partial charge in [0, 0.05) is 39.2 Å². The minimum atomic E-state index is -0.382. The maximum Gasteiger partial charge on any atom is 0.272 e. The average Bonchev–Trinajstić information content (AvgIpc) is 2.41. The van der Waals surface area contributed by atoms with Gasteiger partial charge in [0.05, 0.1) is 4.92 Å². The molecule has 0 saturated heterocycles. The van der Waals surface area contributed by atoms with Crippen LogP contribution in [0, 0.1) is 10.1 Å². The largest absolute Gasteiger partial charge is 0.385 e. The van der Waals surface area contributed by atoms with Crippen LogP contribution in [0.15, 0.2) is 52.3 Å². The number of rotatable bonds is 5. The van der Waals surface area contributed by atoms with Gasteiger partial charge in [0.2, 0.25) is 0 Å². The first-order valence-corrected chi connectivity index (χ1v) is 7.24. The zero-order valence-corrected chi connectivity index (χ0v) is 12.4. The highest BCUT2D eigenvalue weighted by molar-refractivity contribution is 7.99. The topological polar surface area (TPSA) is 55.2 Å². The van der Waals surface area contributed by atoms with Crippen molar-refractivity contribution in [1.29, 1.82) is 0 Å². The van der Waals surface area contributed by atoms with Crippen molar-refractivity contribution in [3.63, 3.8) is 0 Å². The third kappa shape index (κ3) is 3.88. The lowest BCUT2D eigenvalue weighted by Crippen LogP contribution is -1.98. The Labute approximate surface area is 126 Å². The Morgan fingerprint density at radius 1 is 1.20 bits per heavy atom. The van der Waals surface area contributed by atoms with Crippen LogP contribution < -0.4 is 5.32 Å². The molecule has 104 valence electrons. The second-order valence-corrected chi connectivity index (χ2v) is 5.64. The molecule has 0 aromatic heterocycles. The molecule has 4 nitrogen and oxygen atoms in total. The lowest BCUT2D eigenvalue weighted by atomic mass is 10.3. The van der Waals surface area contributed by atoms with Gasteiger partial charge in [-0.2, -0.15) is 0 Å². The summed E-state index contributed by atoms with van der Waals surface area (Å²) in [6, 6.07) is 12.4. The van der Waals surface area contributed by atoms with E-state index < -0.39 is 0 Å². The molecule has 6 heteroatoms. The first-order valence-electron chi connectivity index (χ1n) is 6.05. The summed E-state index contributed by atoms with van der Waals surface area (Å²) in [5, 5.41) is 14.7. The second-order valence-electron chi connectivity index (χ2n) is 4.06. The summed E-state index contributed by atoms with van der Waals surface area (Å²) in [6.07, 6.45) is 0. The van der Waals surface area contributed by atoms with Gasteiger partial charge >= 0.3 is 0 Å². The molecule has 0 unspecified atom stereocenters. The van der Waals surface area contributed by atoms with Gasteiger partial charge in [-0.1, -0.05) is 23.4 Å². The molecular formula is C14H13ClN2O2S. The van der Waals surface area contributed by atoms with E-state index in [1.54, 1.807) is 18.2 Å². The fraction of sp³-hybridized carbons (Fsp3) is 0.143. The molecule has 0 aliphatic rings. The van der Waals surface area contributed by atoms with Crippen LogP contribution in [-0.4, -0.2) is 11.5 Å². The highest BCUT2D eigenvalue weighted by atomic mass is 35.5. The molecule has 2 aromatic carbocycles. The minimum Gasteiger partial charge on any atom is -0.385 e. The lowest BCUT2D eigenvalue weighted by Gasteiger charge is -2.07. The molecule has 2 rings (SSSR count). The molecule has 0 bridgehead atoms. The fourth-order valence-corrected chi connectivity index (χ4v) is 2.73. The van der Waals surface area contributed by atoms with E-state index in [1.165, 1.54) is 17.8 Å². The van der Waals surface area contributed by atoms with Crippen molar-refractivity contribution in [2.24, 2.45) is 0 Å². The number of non-ortho nitro benzene ring substituents is 1. The lowest BCUT2D eigenvalue weighted by molar-refractivity contribution is -0.385. The first kappa shape index (κ1) is 14.7. The van der Waals surface area contributed by atoms with Crippen LogP contribution in [0.25, 0.3) is 0 Å². The highest BCUT2D eigenvalue weighted by Crippen LogP contribution is 2.33. The predicted molar refractivity (Wildman–Crippen MR) is 82.8 cm³/mol. The monoisotopic (exact) mass is 308 g/mol. The number of nitrogens with zero attached hydrogens (tertiary/aromatic N) is 1. The summed E-state index contributed by atoms with van der Waals surface area (Å²) in [4.78, 5) is 12.4. The molecule has 2 aromatic rings. The molecule has 0 spiro atoms. The third-order valence-electron chi connectivity index (χ3n) is 2.53. The van der Waals surface area contributed by atoms with E-state index in [9.17, 15) is 10.1 Å². The molecule has 0 atom stereocenters. The number of hydrogen-bond acceptors (Lipinski definition) is 4. The number of benzene rings is 2. The first-order chi connectivity index (χ1) is 9.58. The van der Waals surface area contributed by atoms with Crippen molar-refractivity contribution in [1.82, 2.24) is 0 Å². The molecule has 0 amide bonds. The van der Waals surface area contributed by atoms with E-state index in [4.69, 9.17) is 11.6 Å². The van der Waals surface area contributed by atoms with Gasteiger partial charge in [0.25, 0.3) is 5.69 Å². The van der Waals surface area contributed by atoms with Crippen LogP contribution in [0.5, 0.6) is 0 Å². The van der Waals surface area contributed by atoms with Crippen LogP contribution in [0.2, 0.25) is 5.02 Å². The van der Waals surface area contributed by atoms with Crippen molar-refractivity contribution in [3.05, 3.63) is 57.6 Å². The Balaban J connectivity index is 2.29. The van der Waals surface area contributed by atoms with Crippen molar-refractivity contribution < 1.29 is 4.92 Å². The molecule has 0 saturated carbocycles. The van der Waals surface area contributed by atoms with Crippen LogP contribution in [0.3, 0.4) is 0 Å². The van der Waals surface area contributed by atoms with Gasteiger partial charge in [-0.15, -0.1) is 0 Å². The molecule has 0 heterocycles. The van der Waals surface area contributed by atoms with Gasteiger partial charge in [0.1, 0.15) is 0 Å². The third-order valence-corrected chi connectivity index (χ3v) is 3.76. The quantitative estimate of drug-likeness (QED) is 0.635. The summed E-state index contributed by atoms with van der Waals surface area (Å²) in [5.74, 6) is 0. The van der Waals surface area contributed by atoms with E-state index in [1.807, 2.05) is 25.1 Å². The molecular weight excluding hydrogens is 296 g/mol. The molecule has 0 aliphatic heterocycles. The maximum atomic E-state index is 11.0. The van der Waals surface area contributed by atoms with Gasteiger partial charge in [-0.25, -0.2) is 0 Å². The summed E-state index contributed by atoms with van der Waals surface area (Å²) < 4.78 is 0. The van der Waals surface area contributed by atoms with Crippen LogP contribution in [-0.2, 0) is 0 Å². The summed E-state index contributed by atoms with van der Waals surface area (Å²) >= 11 is 7.30. The number of nitro groups is 1. The van der Waals surface area contributed by atoms with Gasteiger partial charge in [0.15, 0.2) is 0 Å². The molecule has 0 fully saturated rings. The van der Waals surface area contributed by atoms with E-state index in [0.29, 0.717) is 11.6 Å². The van der Waals surface area contributed by atoms with E-state index in [2.05, 4.69) is 5.32 Å². The zero-order chi connectivity index (χ0) is 14.5. The molecule has 20 heavy (non-hydrogen) atoms. The van der Waals surface area contributed by atoms with Crippen LogP contribution >= 0.6 is 23.4 Å². The summed E-state index contributed by atoms with van der Waals surface area (Å²) in [7, 11) is 0. The fourth-order valence-electron chi connectivity index (χ4n) is 1.69. The summed E-state index contributed by atoms with van der Waals surface area (Å²) in [5.41, 5.74) is 0.832. The van der Waals surface area contributed by atoms with Crippen molar-refractivity contribution in [2.45, 2.75) is 16.7 Å². The van der Waals surface area contributed by atoms with Crippen molar-refractivity contribution in [3.8, 4) is 0 Å². The molecule has 0 aliphatic carbocycles.